The van der Waals surface area contributed by atoms with Gasteiger partial charge in [0.05, 0.1) is 17.4 Å². The van der Waals surface area contributed by atoms with Gasteiger partial charge in [0.1, 0.15) is 6.42 Å². The highest BCUT2D eigenvalue weighted by Crippen LogP contribution is 2.29. The van der Waals surface area contributed by atoms with E-state index in [1.807, 2.05) is 0 Å². The summed E-state index contributed by atoms with van der Waals surface area (Å²) in [7, 11) is 0. The quantitative estimate of drug-likeness (QED) is 0.946. The second-order valence-electron chi connectivity index (χ2n) is 4.04. The van der Waals surface area contributed by atoms with Crippen LogP contribution in [0.5, 0.6) is 0 Å². The molecule has 0 bridgehead atoms. The molecule has 21 heavy (non-hydrogen) atoms. The number of halogens is 3. The summed E-state index contributed by atoms with van der Waals surface area (Å²) in [5.74, 6) is -0.548. The smallest absolute Gasteiger partial charge is 0.323 e. The van der Waals surface area contributed by atoms with Crippen LogP contribution >= 0.6 is 0 Å². The first-order valence-electron chi connectivity index (χ1n) is 5.81. The van der Waals surface area contributed by atoms with Gasteiger partial charge in [0.15, 0.2) is 5.69 Å². The Bertz CT molecular complexity index is 700. The Kier molecular flexibility index (Phi) is 3.93. The van der Waals surface area contributed by atoms with Crippen LogP contribution < -0.4 is 5.32 Å². The number of aromatic nitrogens is 2. The van der Waals surface area contributed by atoms with Gasteiger partial charge in [-0.25, -0.2) is 4.68 Å². The Morgan fingerprint density at radius 1 is 1.33 bits per heavy atom. The second kappa shape index (κ2) is 5.66. The minimum Gasteiger partial charge on any atom is -0.323 e. The zero-order valence-corrected chi connectivity index (χ0v) is 10.6. The molecule has 2 rings (SSSR count). The zero-order chi connectivity index (χ0) is 15.5. The van der Waals surface area contributed by atoms with Crippen LogP contribution in [0.4, 0.5) is 18.9 Å². The fourth-order valence-electron chi connectivity index (χ4n) is 1.65. The lowest BCUT2D eigenvalue weighted by molar-refractivity contribution is -0.141. The minimum absolute atomic E-state index is 0.273. The van der Waals surface area contributed by atoms with Gasteiger partial charge in [-0.05, 0) is 18.2 Å². The van der Waals surface area contributed by atoms with Crippen LogP contribution in [0.3, 0.4) is 0 Å². The number of hydrogen-bond acceptors (Lipinski definition) is 3. The van der Waals surface area contributed by atoms with E-state index in [1.54, 1.807) is 18.2 Å². The number of alkyl halides is 3. The Morgan fingerprint density at radius 3 is 2.67 bits per heavy atom. The van der Waals surface area contributed by atoms with Gasteiger partial charge < -0.3 is 5.32 Å². The number of anilines is 1. The van der Waals surface area contributed by atoms with Gasteiger partial charge in [-0.2, -0.15) is 23.5 Å². The second-order valence-corrected chi connectivity index (χ2v) is 4.04. The van der Waals surface area contributed by atoms with Crippen molar-refractivity contribution in [2.75, 3.05) is 5.32 Å². The van der Waals surface area contributed by atoms with Crippen molar-refractivity contribution in [3.05, 3.63) is 42.2 Å². The lowest BCUT2D eigenvalue weighted by atomic mass is 10.2. The molecule has 2 aromatic rings. The van der Waals surface area contributed by atoms with Crippen molar-refractivity contribution >= 4 is 11.6 Å². The van der Waals surface area contributed by atoms with E-state index in [9.17, 15) is 18.0 Å². The maximum absolute atomic E-state index is 12.5. The van der Waals surface area contributed by atoms with Crippen LogP contribution in [0.15, 0.2) is 36.5 Å². The van der Waals surface area contributed by atoms with Crippen LogP contribution in [0.25, 0.3) is 5.69 Å². The highest BCUT2D eigenvalue weighted by atomic mass is 19.4. The fourth-order valence-corrected chi connectivity index (χ4v) is 1.65. The third-order valence-corrected chi connectivity index (χ3v) is 2.54. The summed E-state index contributed by atoms with van der Waals surface area (Å²) in [5.41, 5.74) is -0.477. The molecule has 1 aromatic heterocycles. The Labute approximate surface area is 117 Å². The number of benzene rings is 1. The summed E-state index contributed by atoms with van der Waals surface area (Å²) < 4.78 is 38.7. The molecule has 0 aliphatic rings. The van der Waals surface area contributed by atoms with E-state index in [4.69, 9.17) is 5.26 Å². The lowest BCUT2D eigenvalue weighted by Crippen LogP contribution is -2.13. The number of hydrogen-bond donors (Lipinski definition) is 1. The molecule has 1 aromatic carbocycles. The molecule has 0 unspecified atom stereocenters. The average Bonchev–Trinajstić information content (AvgIpc) is 2.89. The lowest BCUT2D eigenvalue weighted by Gasteiger charge is -2.10. The number of carbonyl (C=O) groups excluding carboxylic acids is 1. The van der Waals surface area contributed by atoms with E-state index in [0.29, 0.717) is 0 Å². The zero-order valence-electron chi connectivity index (χ0n) is 10.6. The average molecular weight is 294 g/mol. The standard InChI is InChI=1S/C13H9F3N4O/c14-13(15,16)11-6-8-20(19-11)10-4-2-1-3-9(10)18-12(21)5-7-17/h1-4,6,8H,5H2,(H,18,21). The van der Waals surface area contributed by atoms with Gasteiger partial charge in [0, 0.05) is 6.20 Å². The predicted octanol–water partition coefficient (Wildman–Crippen LogP) is 2.74. The van der Waals surface area contributed by atoms with Crippen molar-refractivity contribution in [1.29, 1.82) is 5.26 Å². The summed E-state index contributed by atoms with van der Waals surface area (Å²) in [6.07, 6.45) is -3.73. The topological polar surface area (TPSA) is 70.7 Å². The highest BCUT2D eigenvalue weighted by Gasteiger charge is 2.33. The fraction of sp³-hybridized carbons (Fsp3) is 0.154. The number of nitrogens with one attached hydrogen (secondary N) is 1. The van der Waals surface area contributed by atoms with Crippen molar-refractivity contribution < 1.29 is 18.0 Å². The van der Waals surface area contributed by atoms with E-state index >= 15 is 0 Å². The molecule has 0 fully saturated rings. The Hall–Kier alpha value is -2.82. The first kappa shape index (κ1) is 14.6. The van der Waals surface area contributed by atoms with Crippen molar-refractivity contribution in [1.82, 2.24) is 9.78 Å². The van der Waals surface area contributed by atoms with Crippen LogP contribution in [0, 0.1) is 11.3 Å². The molecule has 1 heterocycles. The first-order chi connectivity index (χ1) is 9.91. The van der Waals surface area contributed by atoms with Crippen LogP contribution in [-0.4, -0.2) is 15.7 Å². The Morgan fingerprint density at radius 2 is 2.05 bits per heavy atom. The highest BCUT2D eigenvalue weighted by molar-refractivity contribution is 5.93. The van der Waals surface area contributed by atoms with Crippen molar-refractivity contribution in [2.45, 2.75) is 12.6 Å². The number of rotatable bonds is 3. The number of nitriles is 1. The van der Waals surface area contributed by atoms with Crippen molar-refractivity contribution in [2.24, 2.45) is 0 Å². The normalized spacial score (nSPS) is 11.0. The predicted molar refractivity (Wildman–Crippen MR) is 67.4 cm³/mol. The molecule has 1 amide bonds. The Balaban J connectivity index is 2.34. The van der Waals surface area contributed by atoms with Gasteiger partial charge in [0.25, 0.3) is 0 Å². The van der Waals surface area contributed by atoms with E-state index in [-0.39, 0.29) is 17.8 Å². The van der Waals surface area contributed by atoms with E-state index in [2.05, 4.69) is 10.4 Å². The molecule has 8 heteroatoms. The SMILES string of the molecule is N#CCC(=O)Nc1ccccc1-n1ccc(C(F)(F)F)n1. The maximum atomic E-state index is 12.5. The molecule has 108 valence electrons. The minimum atomic E-state index is -4.54. The third-order valence-electron chi connectivity index (χ3n) is 2.54. The summed E-state index contributed by atoms with van der Waals surface area (Å²) in [5, 5.41) is 14.3. The molecule has 1 N–H and O–H groups in total. The molecule has 5 nitrogen and oxygen atoms in total. The molecule has 0 saturated heterocycles. The number of nitrogens with zero attached hydrogens (tertiary/aromatic N) is 3. The third kappa shape index (κ3) is 3.39. The summed E-state index contributed by atoms with van der Waals surface area (Å²) in [4.78, 5) is 11.4. The van der Waals surface area contributed by atoms with Gasteiger partial charge in [-0.1, -0.05) is 12.1 Å². The van der Waals surface area contributed by atoms with Gasteiger partial charge in [0.2, 0.25) is 5.91 Å². The van der Waals surface area contributed by atoms with Crippen molar-refractivity contribution in [3.8, 4) is 11.8 Å². The molecule has 0 radical (unpaired) electrons. The van der Waals surface area contributed by atoms with Gasteiger partial charge in [-0.3, -0.25) is 4.79 Å². The van der Waals surface area contributed by atoms with E-state index in [1.165, 1.54) is 12.1 Å². The molecule has 0 atom stereocenters. The molecule has 0 spiro atoms. The summed E-state index contributed by atoms with van der Waals surface area (Å²) in [6, 6.07) is 8.76. The monoisotopic (exact) mass is 294 g/mol. The molecular formula is C13H9F3N4O. The molecule has 0 aliphatic heterocycles. The van der Waals surface area contributed by atoms with Crippen LogP contribution in [-0.2, 0) is 11.0 Å². The van der Waals surface area contributed by atoms with E-state index < -0.39 is 17.8 Å². The van der Waals surface area contributed by atoms with Crippen molar-refractivity contribution in [3.63, 3.8) is 0 Å². The van der Waals surface area contributed by atoms with Crippen LogP contribution in [0.2, 0.25) is 0 Å². The first-order valence-corrected chi connectivity index (χ1v) is 5.81. The summed E-state index contributed by atoms with van der Waals surface area (Å²) >= 11 is 0. The van der Waals surface area contributed by atoms with E-state index in [0.717, 1.165) is 16.9 Å². The molecule has 0 aliphatic carbocycles. The maximum Gasteiger partial charge on any atom is 0.435 e. The van der Waals surface area contributed by atoms with Gasteiger partial charge in [-0.15, -0.1) is 0 Å². The number of para-hydroxylation sites is 2. The largest absolute Gasteiger partial charge is 0.435 e. The number of amides is 1. The molecule has 0 saturated carbocycles. The summed E-state index contributed by atoms with van der Waals surface area (Å²) in [6.45, 7) is 0. The van der Waals surface area contributed by atoms with Gasteiger partial charge >= 0.3 is 6.18 Å². The number of carbonyl (C=O) groups is 1. The molecular weight excluding hydrogens is 285 g/mol. The van der Waals surface area contributed by atoms with Crippen LogP contribution in [0.1, 0.15) is 12.1 Å².